The Kier molecular flexibility index (Phi) is 3.96. The lowest BCUT2D eigenvalue weighted by Gasteiger charge is -2.30. The lowest BCUT2D eigenvalue weighted by atomic mass is 9.89. The Labute approximate surface area is 89.3 Å². The predicted octanol–water partition coefficient (Wildman–Crippen LogP) is 2.06. The van der Waals surface area contributed by atoms with E-state index in [1.54, 1.807) is 0 Å². The Hall–Kier alpha value is -0.0800. The zero-order chi connectivity index (χ0) is 10.8. The fourth-order valence-electron chi connectivity index (χ4n) is 2.40. The summed E-state index contributed by atoms with van der Waals surface area (Å²) in [7, 11) is 2.23. The van der Waals surface area contributed by atoms with Gasteiger partial charge in [0.15, 0.2) is 0 Å². The van der Waals surface area contributed by atoms with Crippen LogP contribution < -0.4 is 0 Å². The summed E-state index contributed by atoms with van der Waals surface area (Å²) in [6.45, 7) is 14.2. The minimum absolute atomic E-state index is 0.523. The first kappa shape index (κ1) is 12.0. The van der Waals surface area contributed by atoms with Crippen molar-refractivity contribution in [1.29, 1.82) is 0 Å². The van der Waals surface area contributed by atoms with E-state index in [0.717, 1.165) is 6.54 Å². The van der Waals surface area contributed by atoms with E-state index in [1.165, 1.54) is 26.1 Å². The van der Waals surface area contributed by atoms with Crippen LogP contribution in [-0.4, -0.2) is 49.1 Å². The highest BCUT2D eigenvalue weighted by molar-refractivity contribution is 4.89. The summed E-state index contributed by atoms with van der Waals surface area (Å²) in [5.41, 5.74) is 0.523. The molecular formula is C12H26N2. The largest absolute Gasteiger partial charge is 0.306 e. The molecule has 0 bridgehead atoms. The molecule has 0 aromatic heterocycles. The van der Waals surface area contributed by atoms with Crippen LogP contribution in [-0.2, 0) is 0 Å². The normalized spacial score (nSPS) is 29.4. The zero-order valence-corrected chi connectivity index (χ0v) is 10.5. The smallest absolute Gasteiger partial charge is 0.00508 e. The highest BCUT2D eigenvalue weighted by Gasteiger charge is 2.35. The van der Waals surface area contributed by atoms with E-state index in [9.17, 15) is 0 Å². The van der Waals surface area contributed by atoms with Crippen molar-refractivity contribution >= 4 is 0 Å². The van der Waals surface area contributed by atoms with Crippen LogP contribution in [0.5, 0.6) is 0 Å². The van der Waals surface area contributed by atoms with E-state index in [-0.39, 0.29) is 0 Å². The molecular weight excluding hydrogens is 172 g/mol. The summed E-state index contributed by atoms with van der Waals surface area (Å²) in [6.07, 6.45) is 1.36. The first-order chi connectivity index (χ1) is 6.47. The number of hydrogen-bond donors (Lipinski definition) is 0. The van der Waals surface area contributed by atoms with Gasteiger partial charge in [-0.25, -0.2) is 0 Å². The van der Waals surface area contributed by atoms with E-state index < -0.39 is 0 Å². The van der Waals surface area contributed by atoms with Gasteiger partial charge in [0, 0.05) is 19.1 Å². The summed E-state index contributed by atoms with van der Waals surface area (Å²) in [4.78, 5) is 5.04. The molecule has 1 unspecified atom stereocenters. The summed E-state index contributed by atoms with van der Waals surface area (Å²) in [5, 5.41) is 0. The van der Waals surface area contributed by atoms with Gasteiger partial charge in [0.25, 0.3) is 0 Å². The van der Waals surface area contributed by atoms with Crippen LogP contribution in [0.4, 0.5) is 0 Å². The molecule has 1 saturated heterocycles. The van der Waals surface area contributed by atoms with Gasteiger partial charge in [0.1, 0.15) is 0 Å². The fraction of sp³-hybridized carbons (Fsp3) is 1.00. The molecule has 1 rings (SSSR count). The van der Waals surface area contributed by atoms with Crippen LogP contribution in [0.15, 0.2) is 0 Å². The Morgan fingerprint density at radius 2 is 2.07 bits per heavy atom. The topological polar surface area (TPSA) is 6.48 Å². The van der Waals surface area contributed by atoms with Gasteiger partial charge >= 0.3 is 0 Å². The second kappa shape index (κ2) is 4.63. The van der Waals surface area contributed by atoms with E-state index in [1.807, 2.05) is 0 Å². The highest BCUT2D eigenvalue weighted by Crippen LogP contribution is 2.31. The number of rotatable bonds is 4. The molecule has 0 N–H and O–H groups in total. The van der Waals surface area contributed by atoms with Crippen molar-refractivity contribution in [3.05, 3.63) is 0 Å². The van der Waals surface area contributed by atoms with Gasteiger partial charge in [-0.1, -0.05) is 13.8 Å². The Bertz CT molecular complexity index is 179. The molecule has 14 heavy (non-hydrogen) atoms. The summed E-state index contributed by atoms with van der Waals surface area (Å²) >= 11 is 0. The third kappa shape index (κ3) is 2.96. The maximum atomic E-state index is 2.60. The number of nitrogens with zero attached hydrogens (tertiary/aromatic N) is 2. The SMILES string of the molecule is CCN(C)CC1(C)CCN(C(C)C)C1. The molecule has 1 aliphatic rings. The number of likely N-dealkylation sites (tertiary alicyclic amines) is 1. The molecule has 0 aliphatic carbocycles. The molecule has 0 spiro atoms. The molecule has 0 aromatic carbocycles. The molecule has 2 nitrogen and oxygen atoms in total. The third-order valence-electron chi connectivity index (χ3n) is 3.51. The average molecular weight is 198 g/mol. The standard InChI is InChI=1S/C12H26N2/c1-6-13(5)9-12(4)7-8-14(10-12)11(2)3/h11H,6-10H2,1-5H3. The van der Waals surface area contributed by atoms with E-state index >= 15 is 0 Å². The lowest BCUT2D eigenvalue weighted by molar-refractivity contribution is 0.181. The molecule has 0 amide bonds. The van der Waals surface area contributed by atoms with Gasteiger partial charge in [0.05, 0.1) is 0 Å². The predicted molar refractivity (Wildman–Crippen MR) is 62.6 cm³/mol. The summed E-state index contributed by atoms with van der Waals surface area (Å²) in [6, 6.07) is 0.712. The Morgan fingerprint density at radius 1 is 1.43 bits per heavy atom. The van der Waals surface area contributed by atoms with Crippen molar-refractivity contribution in [2.45, 2.75) is 40.2 Å². The van der Waals surface area contributed by atoms with Gasteiger partial charge in [-0.2, -0.15) is 0 Å². The quantitative estimate of drug-likeness (QED) is 0.682. The fourth-order valence-corrected chi connectivity index (χ4v) is 2.40. The Balaban J connectivity index is 2.45. The summed E-state index contributed by atoms with van der Waals surface area (Å²) in [5.74, 6) is 0. The molecule has 1 fully saturated rings. The van der Waals surface area contributed by atoms with Crippen molar-refractivity contribution in [3.8, 4) is 0 Å². The minimum atomic E-state index is 0.523. The van der Waals surface area contributed by atoms with Crippen molar-refractivity contribution in [1.82, 2.24) is 9.80 Å². The molecule has 84 valence electrons. The van der Waals surface area contributed by atoms with Gasteiger partial charge < -0.3 is 9.80 Å². The molecule has 1 aliphatic heterocycles. The van der Waals surface area contributed by atoms with Crippen molar-refractivity contribution in [2.24, 2.45) is 5.41 Å². The van der Waals surface area contributed by atoms with Crippen molar-refractivity contribution in [2.75, 3.05) is 33.2 Å². The van der Waals surface area contributed by atoms with Gasteiger partial charge in [-0.05, 0) is 45.8 Å². The second-order valence-corrected chi connectivity index (χ2v) is 5.46. The number of hydrogen-bond acceptors (Lipinski definition) is 2. The van der Waals surface area contributed by atoms with Gasteiger partial charge in [0.2, 0.25) is 0 Å². The highest BCUT2D eigenvalue weighted by atomic mass is 15.2. The van der Waals surface area contributed by atoms with Crippen LogP contribution in [0, 0.1) is 5.41 Å². The monoisotopic (exact) mass is 198 g/mol. The van der Waals surface area contributed by atoms with Crippen molar-refractivity contribution in [3.63, 3.8) is 0 Å². The average Bonchev–Trinajstić information content (AvgIpc) is 2.47. The summed E-state index contributed by atoms with van der Waals surface area (Å²) < 4.78 is 0. The zero-order valence-electron chi connectivity index (χ0n) is 10.5. The molecule has 0 radical (unpaired) electrons. The maximum absolute atomic E-state index is 2.60. The van der Waals surface area contributed by atoms with E-state index in [4.69, 9.17) is 0 Å². The van der Waals surface area contributed by atoms with Crippen molar-refractivity contribution < 1.29 is 0 Å². The minimum Gasteiger partial charge on any atom is -0.306 e. The molecule has 1 heterocycles. The van der Waals surface area contributed by atoms with Crippen LogP contribution in [0.1, 0.15) is 34.1 Å². The third-order valence-corrected chi connectivity index (χ3v) is 3.51. The van der Waals surface area contributed by atoms with Gasteiger partial charge in [-0.3, -0.25) is 0 Å². The molecule has 0 saturated carbocycles. The first-order valence-corrected chi connectivity index (χ1v) is 5.89. The van der Waals surface area contributed by atoms with Crippen LogP contribution >= 0.6 is 0 Å². The van der Waals surface area contributed by atoms with Crippen LogP contribution in [0.25, 0.3) is 0 Å². The molecule has 0 aromatic rings. The van der Waals surface area contributed by atoms with E-state index in [0.29, 0.717) is 11.5 Å². The molecule has 2 heteroatoms. The van der Waals surface area contributed by atoms with E-state index in [2.05, 4.69) is 44.5 Å². The maximum Gasteiger partial charge on any atom is 0.00508 e. The second-order valence-electron chi connectivity index (χ2n) is 5.46. The molecule has 1 atom stereocenters. The van der Waals surface area contributed by atoms with Crippen LogP contribution in [0.3, 0.4) is 0 Å². The van der Waals surface area contributed by atoms with Gasteiger partial charge in [-0.15, -0.1) is 0 Å². The first-order valence-electron chi connectivity index (χ1n) is 5.89. The Morgan fingerprint density at radius 3 is 2.50 bits per heavy atom. The van der Waals surface area contributed by atoms with Crippen LogP contribution in [0.2, 0.25) is 0 Å². The lowest BCUT2D eigenvalue weighted by Crippen LogP contribution is -2.37.